The number of aromatic amines is 1. The summed E-state index contributed by atoms with van der Waals surface area (Å²) in [5.74, 6) is 1.08. The van der Waals surface area contributed by atoms with Gasteiger partial charge in [-0.3, -0.25) is 9.89 Å². The minimum atomic E-state index is -0.196. The minimum absolute atomic E-state index is 0.155. The van der Waals surface area contributed by atoms with Crippen LogP contribution in [0.4, 0.5) is 5.69 Å². The van der Waals surface area contributed by atoms with E-state index < -0.39 is 0 Å². The first-order valence-corrected chi connectivity index (χ1v) is 9.65. The van der Waals surface area contributed by atoms with E-state index in [0.29, 0.717) is 32.5 Å². The van der Waals surface area contributed by atoms with E-state index in [9.17, 15) is 4.79 Å². The molecule has 2 aromatic carbocycles. The Morgan fingerprint density at radius 3 is 2.70 bits per heavy atom. The number of hydrogen-bond donors (Lipinski definition) is 2. The molecule has 0 bridgehead atoms. The quantitative estimate of drug-likeness (QED) is 0.556. The smallest absolute Gasteiger partial charge is 0.234 e. The number of nitrogens with one attached hydrogen (secondary N) is 2. The first kappa shape index (κ1) is 19.5. The minimum Gasteiger partial charge on any atom is -0.495 e. The molecule has 2 N–H and O–H groups in total. The Morgan fingerprint density at radius 1 is 1.26 bits per heavy atom. The van der Waals surface area contributed by atoms with Gasteiger partial charge in [0.05, 0.1) is 18.6 Å². The Labute approximate surface area is 170 Å². The number of halogens is 2. The van der Waals surface area contributed by atoms with Crippen LogP contribution in [0, 0.1) is 6.92 Å². The van der Waals surface area contributed by atoms with Crippen LogP contribution < -0.4 is 10.1 Å². The van der Waals surface area contributed by atoms with Gasteiger partial charge in [0.25, 0.3) is 0 Å². The van der Waals surface area contributed by atoms with Gasteiger partial charge in [0.2, 0.25) is 11.1 Å². The summed E-state index contributed by atoms with van der Waals surface area (Å²) in [4.78, 5) is 16.6. The molecule has 3 aromatic rings. The van der Waals surface area contributed by atoms with Crippen molar-refractivity contribution in [3.05, 3.63) is 52.0 Å². The van der Waals surface area contributed by atoms with Crippen molar-refractivity contribution in [2.75, 3.05) is 18.2 Å². The van der Waals surface area contributed by atoms with Gasteiger partial charge in [-0.05, 0) is 42.8 Å². The predicted molar refractivity (Wildman–Crippen MR) is 109 cm³/mol. The molecule has 0 atom stereocenters. The van der Waals surface area contributed by atoms with Gasteiger partial charge in [-0.2, -0.15) is 0 Å². The largest absolute Gasteiger partial charge is 0.495 e. The van der Waals surface area contributed by atoms with E-state index in [1.165, 1.54) is 18.9 Å². The zero-order valence-electron chi connectivity index (χ0n) is 14.5. The summed E-state index contributed by atoms with van der Waals surface area (Å²) in [6.07, 6.45) is 0. The normalized spacial score (nSPS) is 10.7. The van der Waals surface area contributed by atoms with Crippen molar-refractivity contribution in [3.8, 4) is 17.1 Å². The molecule has 1 heterocycles. The number of H-pyrrole nitrogens is 1. The van der Waals surface area contributed by atoms with Crippen LogP contribution in [0.5, 0.6) is 5.75 Å². The third-order valence-corrected chi connectivity index (χ3v) is 5.18. The highest BCUT2D eigenvalue weighted by molar-refractivity contribution is 7.99. The topological polar surface area (TPSA) is 79.9 Å². The number of carbonyl (C=O) groups excluding carboxylic acids is 1. The molecule has 0 radical (unpaired) electrons. The summed E-state index contributed by atoms with van der Waals surface area (Å²) in [5, 5.41) is 11.5. The number of methoxy groups -OCH3 is 1. The number of anilines is 1. The van der Waals surface area contributed by atoms with Gasteiger partial charge >= 0.3 is 0 Å². The maximum absolute atomic E-state index is 12.3. The van der Waals surface area contributed by atoms with Crippen LogP contribution in [0.2, 0.25) is 10.0 Å². The first-order valence-electron chi connectivity index (χ1n) is 7.91. The van der Waals surface area contributed by atoms with Crippen LogP contribution in [0.15, 0.2) is 41.6 Å². The Hall–Kier alpha value is -2.22. The van der Waals surface area contributed by atoms with Crippen LogP contribution in [0.1, 0.15) is 5.56 Å². The Kier molecular flexibility index (Phi) is 6.26. The van der Waals surface area contributed by atoms with Crippen LogP contribution in [0.25, 0.3) is 11.4 Å². The zero-order valence-corrected chi connectivity index (χ0v) is 16.9. The summed E-state index contributed by atoms with van der Waals surface area (Å²) < 4.78 is 5.26. The number of carbonyl (C=O) groups is 1. The molecule has 27 heavy (non-hydrogen) atoms. The highest BCUT2D eigenvalue weighted by Gasteiger charge is 2.13. The van der Waals surface area contributed by atoms with E-state index in [1.807, 2.05) is 19.1 Å². The predicted octanol–water partition coefficient (Wildman–Crippen LogP) is 4.83. The van der Waals surface area contributed by atoms with Crippen molar-refractivity contribution in [1.29, 1.82) is 0 Å². The molecule has 0 saturated carbocycles. The number of thioether (sulfide) groups is 1. The highest BCUT2D eigenvalue weighted by Crippen LogP contribution is 2.31. The molecular formula is C18H16Cl2N4O2S. The standard InChI is InChI=1S/C18H16Cl2N4O2S/c1-10-7-14(15(26-2)8-13(10)20)21-16(25)9-27-18-22-17(23-24-18)11-3-5-12(19)6-4-11/h3-8H,9H2,1-2H3,(H,21,25)(H,22,23,24). The van der Waals surface area contributed by atoms with Gasteiger partial charge in [0.1, 0.15) is 5.75 Å². The molecule has 1 amide bonds. The van der Waals surface area contributed by atoms with Crippen molar-refractivity contribution >= 4 is 46.6 Å². The Balaban J connectivity index is 1.62. The molecule has 9 heteroatoms. The molecule has 1 aromatic heterocycles. The van der Waals surface area contributed by atoms with E-state index in [1.54, 1.807) is 24.3 Å². The number of aryl methyl sites for hydroxylation is 1. The molecule has 0 unspecified atom stereocenters. The molecule has 0 spiro atoms. The third kappa shape index (κ3) is 4.94. The lowest BCUT2D eigenvalue weighted by atomic mass is 10.2. The SMILES string of the molecule is COc1cc(Cl)c(C)cc1NC(=O)CSc1n[nH]c(-c2ccc(Cl)cc2)n1. The third-order valence-electron chi connectivity index (χ3n) is 3.67. The van der Waals surface area contributed by atoms with Crippen molar-refractivity contribution in [2.24, 2.45) is 0 Å². The van der Waals surface area contributed by atoms with Crippen LogP contribution in [0.3, 0.4) is 0 Å². The second-order valence-corrected chi connectivity index (χ2v) is 7.40. The molecule has 0 aliphatic heterocycles. The lowest BCUT2D eigenvalue weighted by molar-refractivity contribution is -0.113. The van der Waals surface area contributed by atoms with E-state index in [-0.39, 0.29) is 11.7 Å². The van der Waals surface area contributed by atoms with Gasteiger partial charge in [0.15, 0.2) is 5.82 Å². The molecule has 140 valence electrons. The van der Waals surface area contributed by atoms with Gasteiger partial charge in [-0.15, -0.1) is 5.10 Å². The number of benzene rings is 2. The second-order valence-electron chi connectivity index (χ2n) is 5.61. The van der Waals surface area contributed by atoms with Gasteiger partial charge < -0.3 is 10.1 Å². The monoisotopic (exact) mass is 422 g/mol. The fraction of sp³-hybridized carbons (Fsp3) is 0.167. The van der Waals surface area contributed by atoms with Gasteiger partial charge in [-0.25, -0.2) is 4.98 Å². The molecule has 0 saturated heterocycles. The molecule has 0 aliphatic rings. The van der Waals surface area contributed by atoms with E-state index in [0.717, 1.165) is 11.1 Å². The molecule has 3 rings (SSSR count). The number of nitrogens with zero attached hydrogens (tertiary/aromatic N) is 2. The fourth-order valence-electron chi connectivity index (χ4n) is 2.29. The zero-order chi connectivity index (χ0) is 19.4. The lowest BCUT2D eigenvalue weighted by Crippen LogP contribution is -2.15. The maximum atomic E-state index is 12.3. The molecule has 0 aliphatic carbocycles. The average molecular weight is 423 g/mol. The molecular weight excluding hydrogens is 407 g/mol. The Morgan fingerprint density at radius 2 is 2.00 bits per heavy atom. The van der Waals surface area contributed by atoms with Crippen LogP contribution >= 0.6 is 35.0 Å². The average Bonchev–Trinajstić information content (AvgIpc) is 3.12. The molecule has 6 nitrogen and oxygen atoms in total. The van der Waals surface area contributed by atoms with Crippen molar-refractivity contribution in [3.63, 3.8) is 0 Å². The van der Waals surface area contributed by atoms with E-state index in [2.05, 4.69) is 20.5 Å². The second kappa shape index (κ2) is 8.65. The fourth-order valence-corrected chi connectivity index (χ4v) is 3.17. The van der Waals surface area contributed by atoms with E-state index in [4.69, 9.17) is 27.9 Å². The summed E-state index contributed by atoms with van der Waals surface area (Å²) in [6, 6.07) is 10.7. The summed E-state index contributed by atoms with van der Waals surface area (Å²) in [6.45, 7) is 1.86. The van der Waals surface area contributed by atoms with Gasteiger partial charge in [0, 0.05) is 21.7 Å². The summed E-state index contributed by atoms with van der Waals surface area (Å²) in [5.41, 5.74) is 2.29. The number of amides is 1. The van der Waals surface area contributed by atoms with Gasteiger partial charge in [-0.1, -0.05) is 35.0 Å². The lowest BCUT2D eigenvalue weighted by Gasteiger charge is -2.11. The number of hydrogen-bond acceptors (Lipinski definition) is 5. The highest BCUT2D eigenvalue weighted by atomic mass is 35.5. The van der Waals surface area contributed by atoms with Crippen LogP contribution in [-0.2, 0) is 4.79 Å². The Bertz CT molecular complexity index is 960. The van der Waals surface area contributed by atoms with Crippen molar-refractivity contribution < 1.29 is 9.53 Å². The van der Waals surface area contributed by atoms with Crippen molar-refractivity contribution in [2.45, 2.75) is 12.1 Å². The number of rotatable bonds is 6. The molecule has 0 fully saturated rings. The number of aromatic nitrogens is 3. The summed E-state index contributed by atoms with van der Waals surface area (Å²) >= 11 is 13.2. The van der Waals surface area contributed by atoms with Crippen LogP contribution in [-0.4, -0.2) is 34.0 Å². The summed E-state index contributed by atoms with van der Waals surface area (Å²) in [7, 11) is 1.53. The van der Waals surface area contributed by atoms with Crippen molar-refractivity contribution in [1.82, 2.24) is 15.2 Å². The first-order chi connectivity index (χ1) is 13.0. The number of ether oxygens (including phenoxy) is 1. The van der Waals surface area contributed by atoms with E-state index >= 15 is 0 Å². The maximum Gasteiger partial charge on any atom is 0.234 e.